The molecule has 1 saturated heterocycles. The van der Waals surface area contributed by atoms with Crippen molar-refractivity contribution in [3.63, 3.8) is 0 Å². The fourth-order valence-electron chi connectivity index (χ4n) is 2.55. The van der Waals surface area contributed by atoms with Crippen LogP contribution in [0.1, 0.15) is 18.9 Å². The van der Waals surface area contributed by atoms with Gasteiger partial charge in [-0.05, 0) is 44.1 Å². The summed E-state index contributed by atoms with van der Waals surface area (Å²) in [6.07, 6.45) is -0.00824. The molecule has 2 rings (SSSR count). The van der Waals surface area contributed by atoms with Crippen LogP contribution in [-0.2, 0) is 10.3 Å². The molecule has 2 unspecified atom stereocenters. The number of hydrogen-bond donors (Lipinski definition) is 1. The molecule has 1 aromatic carbocycles. The monoisotopic (exact) mass is 252 g/mol. The Kier molecular flexibility index (Phi) is 4.00. The van der Waals surface area contributed by atoms with E-state index in [1.54, 1.807) is 12.1 Å². The lowest BCUT2D eigenvalue weighted by atomic mass is 9.82. The minimum Gasteiger partial charge on any atom is -0.457 e. The predicted octanol–water partition coefficient (Wildman–Crippen LogP) is 1.92. The van der Waals surface area contributed by atoms with Crippen LogP contribution < -0.4 is 0 Å². The van der Waals surface area contributed by atoms with E-state index in [2.05, 4.69) is 7.05 Å². The lowest BCUT2D eigenvalue weighted by Gasteiger charge is -2.47. The number of nitrogens with zero attached hydrogens (tertiary/aromatic N) is 1. The highest BCUT2D eigenvalue weighted by Gasteiger charge is 2.42. The zero-order valence-electron chi connectivity index (χ0n) is 10.6. The van der Waals surface area contributed by atoms with Crippen molar-refractivity contribution in [1.29, 1.82) is 0 Å². The number of likely N-dealkylation sites (tertiary alicyclic amines) is 1. The molecule has 1 aromatic rings. The summed E-state index contributed by atoms with van der Waals surface area (Å²) < 4.78 is 18.8. The summed E-state index contributed by atoms with van der Waals surface area (Å²) in [6, 6.07) is 6.18. The molecule has 0 amide bonds. The summed E-state index contributed by atoms with van der Waals surface area (Å²) in [5, 5.41) is 10.3. The van der Waals surface area contributed by atoms with E-state index < -0.39 is 11.7 Å². The lowest BCUT2D eigenvalue weighted by molar-refractivity contribution is -0.156. The quantitative estimate of drug-likeness (QED) is 0.834. The summed E-state index contributed by atoms with van der Waals surface area (Å²) in [4.78, 5) is 1.82. The van der Waals surface area contributed by atoms with E-state index in [9.17, 15) is 9.50 Å². The smallest absolute Gasteiger partial charge is 0.123 e. The first-order valence-corrected chi connectivity index (χ1v) is 6.22. The maximum absolute atomic E-state index is 13.0. The first-order valence-electron chi connectivity index (χ1n) is 6.22. The van der Waals surface area contributed by atoms with Gasteiger partial charge in [0.2, 0.25) is 0 Å². The Morgan fingerprint density at radius 1 is 1.50 bits per heavy atom. The topological polar surface area (TPSA) is 32.7 Å². The van der Waals surface area contributed by atoms with E-state index in [0.29, 0.717) is 19.6 Å². The summed E-state index contributed by atoms with van der Waals surface area (Å²) in [6.45, 7) is 3.60. The van der Waals surface area contributed by atoms with Gasteiger partial charge in [-0.1, -0.05) is 12.1 Å². The second kappa shape index (κ2) is 5.34. The summed E-state index contributed by atoms with van der Waals surface area (Å²) in [5.74, 6) is -0.283. The van der Waals surface area contributed by atoms with Crippen LogP contribution in [0, 0.1) is 12.9 Å². The number of piperidine rings is 1. The van der Waals surface area contributed by atoms with E-state index in [0.717, 1.165) is 12.1 Å². The van der Waals surface area contributed by atoms with Crippen molar-refractivity contribution in [2.75, 3.05) is 19.7 Å². The Morgan fingerprint density at radius 3 is 2.72 bits per heavy atom. The van der Waals surface area contributed by atoms with Crippen LogP contribution in [0.3, 0.4) is 0 Å². The summed E-state index contributed by atoms with van der Waals surface area (Å²) in [7, 11) is 3.84. The zero-order valence-corrected chi connectivity index (χ0v) is 10.6. The maximum Gasteiger partial charge on any atom is 0.123 e. The number of rotatable bonds is 3. The number of halogens is 1. The van der Waals surface area contributed by atoms with Gasteiger partial charge in [-0.2, -0.15) is 0 Å². The third-order valence-electron chi connectivity index (χ3n) is 3.50. The molecule has 18 heavy (non-hydrogen) atoms. The van der Waals surface area contributed by atoms with E-state index >= 15 is 0 Å². The molecule has 1 N–H and O–H groups in total. The number of β-amino-alcohol motifs (C(OH)–C–C–N with tert-alkyl or cyclic N) is 1. The highest BCUT2D eigenvalue weighted by Crippen LogP contribution is 2.37. The molecular weight excluding hydrogens is 233 g/mol. The van der Waals surface area contributed by atoms with Crippen LogP contribution in [0.2, 0.25) is 0 Å². The molecule has 0 aliphatic carbocycles. The van der Waals surface area contributed by atoms with Crippen molar-refractivity contribution in [1.82, 2.24) is 4.90 Å². The SMILES string of the molecule is [CH2-]N1CCC(OCC)(c2ccc(F)cc2)C(O)C1. The highest BCUT2D eigenvalue weighted by atomic mass is 19.1. The Bertz CT molecular complexity index is 395. The van der Waals surface area contributed by atoms with Gasteiger partial charge in [0.05, 0.1) is 6.10 Å². The number of benzene rings is 1. The Morgan fingerprint density at radius 2 is 2.17 bits per heavy atom. The minimum absolute atomic E-state index is 0.283. The first kappa shape index (κ1) is 13.5. The van der Waals surface area contributed by atoms with E-state index in [1.807, 2.05) is 11.8 Å². The Balaban J connectivity index is 2.34. The van der Waals surface area contributed by atoms with Gasteiger partial charge in [-0.3, -0.25) is 7.05 Å². The lowest BCUT2D eigenvalue weighted by Crippen LogP contribution is -2.53. The van der Waals surface area contributed by atoms with Gasteiger partial charge < -0.3 is 14.7 Å². The standard InChI is InChI=1S/C14H19FNO2/c1-3-18-14(8-9-16(2)10-13(14)17)11-4-6-12(15)7-5-11/h4-7,13,17H,2-3,8-10H2,1H3/q-1. The Labute approximate surface area is 107 Å². The molecule has 1 heterocycles. The normalized spacial score (nSPS) is 29.4. The van der Waals surface area contributed by atoms with Crippen LogP contribution in [0.25, 0.3) is 0 Å². The second-order valence-electron chi connectivity index (χ2n) is 4.67. The summed E-state index contributed by atoms with van der Waals surface area (Å²) in [5.41, 5.74) is 0.0859. The Hall–Kier alpha value is -0.970. The van der Waals surface area contributed by atoms with Crippen LogP contribution in [-0.4, -0.2) is 35.8 Å². The minimum atomic E-state index is -0.739. The molecule has 4 heteroatoms. The van der Waals surface area contributed by atoms with Crippen LogP contribution in [0.5, 0.6) is 0 Å². The van der Waals surface area contributed by atoms with Gasteiger partial charge >= 0.3 is 0 Å². The number of aliphatic hydroxyl groups is 1. The molecule has 0 bridgehead atoms. The molecule has 1 aliphatic rings. The van der Waals surface area contributed by atoms with Gasteiger partial charge in [-0.15, -0.1) is 0 Å². The average Bonchev–Trinajstić information content (AvgIpc) is 2.34. The molecule has 0 radical (unpaired) electrons. The van der Waals surface area contributed by atoms with Gasteiger partial charge in [0.15, 0.2) is 0 Å². The van der Waals surface area contributed by atoms with Crippen LogP contribution in [0.15, 0.2) is 24.3 Å². The van der Waals surface area contributed by atoms with Crippen molar-refractivity contribution < 1.29 is 14.2 Å². The van der Waals surface area contributed by atoms with Crippen LogP contribution in [0.4, 0.5) is 4.39 Å². The van der Waals surface area contributed by atoms with Crippen LogP contribution >= 0.6 is 0 Å². The molecule has 3 nitrogen and oxygen atoms in total. The van der Waals surface area contributed by atoms with Gasteiger partial charge in [0, 0.05) is 6.61 Å². The molecule has 0 spiro atoms. The van der Waals surface area contributed by atoms with E-state index in [-0.39, 0.29) is 5.82 Å². The van der Waals surface area contributed by atoms with Crippen molar-refractivity contribution in [3.05, 3.63) is 42.7 Å². The van der Waals surface area contributed by atoms with E-state index in [1.165, 1.54) is 12.1 Å². The molecule has 0 saturated carbocycles. The second-order valence-corrected chi connectivity index (χ2v) is 4.67. The predicted molar refractivity (Wildman–Crippen MR) is 67.3 cm³/mol. The number of hydrogen-bond acceptors (Lipinski definition) is 3. The maximum atomic E-state index is 13.0. The number of ether oxygens (including phenoxy) is 1. The van der Waals surface area contributed by atoms with E-state index in [4.69, 9.17) is 4.74 Å². The fraction of sp³-hybridized carbons (Fsp3) is 0.500. The third kappa shape index (κ3) is 2.41. The molecule has 0 aromatic heterocycles. The van der Waals surface area contributed by atoms with Crippen molar-refractivity contribution in [3.8, 4) is 0 Å². The zero-order chi connectivity index (χ0) is 13.2. The highest BCUT2D eigenvalue weighted by molar-refractivity contribution is 5.26. The van der Waals surface area contributed by atoms with Gasteiger partial charge in [-0.25, -0.2) is 4.39 Å². The first-order chi connectivity index (χ1) is 8.58. The fourth-order valence-corrected chi connectivity index (χ4v) is 2.55. The molecule has 2 atom stereocenters. The third-order valence-corrected chi connectivity index (χ3v) is 3.50. The van der Waals surface area contributed by atoms with Gasteiger partial charge in [0.1, 0.15) is 11.4 Å². The molecule has 1 aliphatic heterocycles. The number of aliphatic hydroxyl groups excluding tert-OH is 1. The van der Waals surface area contributed by atoms with Crippen molar-refractivity contribution in [2.24, 2.45) is 0 Å². The van der Waals surface area contributed by atoms with Gasteiger partial charge in [0.25, 0.3) is 0 Å². The largest absolute Gasteiger partial charge is 0.457 e. The molecule has 1 fully saturated rings. The molecular formula is C14H19FNO2-. The van der Waals surface area contributed by atoms with Crippen molar-refractivity contribution >= 4 is 0 Å². The average molecular weight is 252 g/mol. The van der Waals surface area contributed by atoms with Crippen molar-refractivity contribution in [2.45, 2.75) is 25.0 Å². The molecule has 100 valence electrons. The summed E-state index contributed by atoms with van der Waals surface area (Å²) >= 11 is 0.